The minimum absolute atomic E-state index is 0.112. The molecule has 1 aromatic carbocycles. The molecule has 0 unspecified atom stereocenters. The number of hydrogen-bond acceptors (Lipinski definition) is 4. The third kappa shape index (κ3) is 3.63. The highest BCUT2D eigenvalue weighted by molar-refractivity contribution is 9.11. The van der Waals surface area contributed by atoms with Crippen LogP contribution in [0.2, 0.25) is 0 Å². The molecule has 0 aliphatic carbocycles. The quantitative estimate of drug-likeness (QED) is 0.650. The van der Waals surface area contributed by atoms with E-state index in [4.69, 9.17) is 5.11 Å². The highest BCUT2D eigenvalue weighted by Crippen LogP contribution is 2.34. The topological polar surface area (TPSA) is 66.4 Å². The van der Waals surface area contributed by atoms with Crippen LogP contribution in [0.15, 0.2) is 41.9 Å². The molecular formula is C11H8Br3NO3S2. The Labute approximate surface area is 145 Å². The third-order valence-electron chi connectivity index (χ3n) is 2.33. The zero-order chi connectivity index (χ0) is 14.9. The number of halogens is 3. The Morgan fingerprint density at radius 2 is 1.90 bits per heavy atom. The molecule has 108 valence electrons. The van der Waals surface area contributed by atoms with Crippen molar-refractivity contribution >= 4 is 74.8 Å². The zero-order valence-electron chi connectivity index (χ0n) is 9.73. The lowest BCUT2D eigenvalue weighted by molar-refractivity contribution is 0.285. The van der Waals surface area contributed by atoms with Gasteiger partial charge in [-0.2, -0.15) is 0 Å². The van der Waals surface area contributed by atoms with E-state index < -0.39 is 10.0 Å². The van der Waals surface area contributed by atoms with Crippen LogP contribution in [0.1, 0.15) is 4.88 Å². The number of hydrogen-bond donors (Lipinski definition) is 2. The maximum absolute atomic E-state index is 12.3. The smallest absolute Gasteiger partial charge is 0.263 e. The van der Waals surface area contributed by atoms with Gasteiger partial charge in [0.25, 0.3) is 10.0 Å². The van der Waals surface area contributed by atoms with Gasteiger partial charge in [0, 0.05) is 13.8 Å². The molecule has 20 heavy (non-hydrogen) atoms. The monoisotopic (exact) mass is 503 g/mol. The van der Waals surface area contributed by atoms with E-state index in [-0.39, 0.29) is 11.5 Å². The lowest BCUT2D eigenvalue weighted by atomic mass is 10.3. The van der Waals surface area contributed by atoms with E-state index in [0.29, 0.717) is 18.8 Å². The summed E-state index contributed by atoms with van der Waals surface area (Å²) < 4.78 is 29.1. The highest BCUT2D eigenvalue weighted by Gasteiger charge is 2.21. The maximum atomic E-state index is 12.3. The number of rotatable bonds is 4. The van der Waals surface area contributed by atoms with E-state index in [2.05, 4.69) is 52.5 Å². The van der Waals surface area contributed by atoms with Crippen molar-refractivity contribution in [1.82, 2.24) is 0 Å². The Bertz CT molecular complexity index is 743. The molecule has 2 rings (SSSR count). The van der Waals surface area contributed by atoms with E-state index in [1.54, 1.807) is 18.2 Å². The summed E-state index contributed by atoms with van der Waals surface area (Å²) in [5, 5.41) is 9.07. The second-order valence-electron chi connectivity index (χ2n) is 3.74. The van der Waals surface area contributed by atoms with Crippen molar-refractivity contribution < 1.29 is 13.5 Å². The molecule has 1 aromatic heterocycles. The van der Waals surface area contributed by atoms with Crippen LogP contribution in [0.25, 0.3) is 0 Å². The van der Waals surface area contributed by atoms with E-state index in [9.17, 15) is 8.42 Å². The second-order valence-corrected chi connectivity index (χ2v) is 9.61. The summed E-state index contributed by atoms with van der Waals surface area (Å²) in [6.45, 7) is -0.194. The van der Waals surface area contributed by atoms with E-state index >= 15 is 0 Å². The first kappa shape index (κ1) is 16.4. The van der Waals surface area contributed by atoms with Gasteiger partial charge in [-0.25, -0.2) is 8.42 Å². The van der Waals surface area contributed by atoms with Gasteiger partial charge in [0.1, 0.15) is 4.90 Å². The van der Waals surface area contributed by atoms with Crippen LogP contribution in [0, 0.1) is 0 Å². The number of benzene rings is 1. The van der Waals surface area contributed by atoms with E-state index in [1.165, 1.54) is 17.4 Å². The van der Waals surface area contributed by atoms with Crippen LogP contribution in [-0.4, -0.2) is 13.5 Å². The number of aliphatic hydroxyl groups excluding tert-OH is 1. The van der Waals surface area contributed by atoms with Gasteiger partial charge in [0.05, 0.1) is 16.1 Å². The first-order valence-electron chi connectivity index (χ1n) is 5.20. The third-order valence-corrected chi connectivity index (χ3v) is 7.08. The zero-order valence-corrected chi connectivity index (χ0v) is 16.1. The van der Waals surface area contributed by atoms with Crippen molar-refractivity contribution in [3.05, 3.63) is 41.9 Å². The number of thiophene rings is 1. The van der Waals surface area contributed by atoms with Crippen molar-refractivity contribution in [2.24, 2.45) is 0 Å². The number of sulfonamides is 1. The Balaban J connectivity index is 2.38. The molecule has 0 saturated carbocycles. The summed E-state index contributed by atoms with van der Waals surface area (Å²) in [6, 6.07) is 6.59. The fraction of sp³-hybridized carbons (Fsp3) is 0.0909. The van der Waals surface area contributed by atoms with Crippen molar-refractivity contribution in [1.29, 1.82) is 0 Å². The molecule has 0 bridgehead atoms. The number of nitrogens with one attached hydrogen (secondary N) is 1. The van der Waals surface area contributed by atoms with Gasteiger partial charge in [-0.1, -0.05) is 15.9 Å². The van der Waals surface area contributed by atoms with Crippen LogP contribution in [-0.2, 0) is 16.6 Å². The van der Waals surface area contributed by atoms with Crippen LogP contribution in [0.4, 0.5) is 5.69 Å². The normalized spacial score (nSPS) is 11.6. The van der Waals surface area contributed by atoms with E-state index in [1.807, 2.05) is 0 Å². The van der Waals surface area contributed by atoms with Crippen LogP contribution in [0.5, 0.6) is 0 Å². The van der Waals surface area contributed by atoms with Crippen LogP contribution >= 0.6 is 59.1 Å². The van der Waals surface area contributed by atoms with Crippen LogP contribution in [0.3, 0.4) is 0 Å². The molecule has 0 fully saturated rings. The lowest BCUT2D eigenvalue weighted by Crippen LogP contribution is -2.13. The number of anilines is 1. The molecule has 4 nitrogen and oxygen atoms in total. The molecule has 1 heterocycles. The summed E-state index contributed by atoms with van der Waals surface area (Å²) in [7, 11) is -3.71. The fourth-order valence-corrected chi connectivity index (χ4v) is 6.33. The van der Waals surface area contributed by atoms with Gasteiger partial charge in [-0.3, -0.25) is 4.72 Å². The molecule has 0 amide bonds. The Hall–Kier alpha value is 0.0700. The lowest BCUT2D eigenvalue weighted by Gasteiger charge is -2.09. The Morgan fingerprint density at radius 3 is 2.45 bits per heavy atom. The summed E-state index contributed by atoms with van der Waals surface area (Å²) >= 11 is 11.0. The predicted octanol–water partition coefficient (Wildman–Crippen LogP) is 4.33. The fourth-order valence-electron chi connectivity index (χ4n) is 1.43. The van der Waals surface area contributed by atoms with Gasteiger partial charge in [-0.05, 0) is 56.1 Å². The second kappa shape index (κ2) is 6.45. The molecule has 0 aliphatic heterocycles. The first-order chi connectivity index (χ1) is 9.33. The Kier molecular flexibility index (Phi) is 5.30. The molecule has 2 aromatic rings. The van der Waals surface area contributed by atoms with E-state index in [0.717, 1.165) is 4.47 Å². The summed E-state index contributed by atoms with van der Waals surface area (Å²) in [4.78, 5) is 0.688. The minimum Gasteiger partial charge on any atom is -0.391 e. The largest absolute Gasteiger partial charge is 0.391 e. The van der Waals surface area contributed by atoms with Crippen molar-refractivity contribution in [2.45, 2.75) is 11.5 Å². The maximum Gasteiger partial charge on any atom is 0.263 e. The number of aliphatic hydroxyl groups is 1. The molecule has 0 radical (unpaired) electrons. The van der Waals surface area contributed by atoms with Crippen molar-refractivity contribution in [3.63, 3.8) is 0 Å². The molecule has 0 aliphatic rings. The molecule has 9 heteroatoms. The molecule has 0 atom stereocenters. The minimum atomic E-state index is -3.71. The van der Waals surface area contributed by atoms with Gasteiger partial charge in [0.15, 0.2) is 0 Å². The standard InChI is InChI=1S/C11H8Br3NO3S2/c12-6-1-2-9(8(13)3-6)15-20(17,18)10-4-7(5-16)19-11(10)14/h1-4,15-16H,5H2. The predicted molar refractivity (Wildman–Crippen MR) is 90.6 cm³/mol. The van der Waals surface area contributed by atoms with Gasteiger partial charge < -0.3 is 5.11 Å². The average Bonchev–Trinajstić information content (AvgIpc) is 2.75. The summed E-state index contributed by atoms with van der Waals surface area (Å²) in [6.07, 6.45) is 0. The molecular weight excluding hydrogens is 498 g/mol. The van der Waals surface area contributed by atoms with Gasteiger partial charge >= 0.3 is 0 Å². The molecule has 2 N–H and O–H groups in total. The Morgan fingerprint density at radius 1 is 1.20 bits per heavy atom. The average molecular weight is 506 g/mol. The molecule has 0 spiro atoms. The summed E-state index contributed by atoms with van der Waals surface area (Å²) in [5.41, 5.74) is 0.442. The van der Waals surface area contributed by atoms with Crippen molar-refractivity contribution in [3.8, 4) is 0 Å². The summed E-state index contributed by atoms with van der Waals surface area (Å²) in [5.74, 6) is 0. The first-order valence-corrected chi connectivity index (χ1v) is 9.88. The van der Waals surface area contributed by atoms with Gasteiger partial charge in [-0.15, -0.1) is 11.3 Å². The molecule has 0 saturated heterocycles. The van der Waals surface area contributed by atoms with Crippen molar-refractivity contribution in [2.75, 3.05) is 4.72 Å². The SMILES string of the molecule is O=S(=O)(Nc1ccc(Br)cc1Br)c1cc(CO)sc1Br. The van der Waals surface area contributed by atoms with Crippen LogP contribution < -0.4 is 4.72 Å². The van der Waals surface area contributed by atoms with Gasteiger partial charge in [0.2, 0.25) is 0 Å². The highest BCUT2D eigenvalue weighted by atomic mass is 79.9.